The minimum Gasteiger partial charge on any atom is -0.496 e. The maximum Gasteiger partial charge on any atom is 0.158 e. The van der Waals surface area contributed by atoms with Gasteiger partial charge in [-0.1, -0.05) is 18.2 Å². The van der Waals surface area contributed by atoms with Crippen LogP contribution >= 0.6 is 0 Å². The van der Waals surface area contributed by atoms with Gasteiger partial charge in [-0.15, -0.1) is 0 Å². The Bertz CT molecular complexity index is 652. The highest BCUT2D eigenvalue weighted by atomic mass is 32.2. The highest BCUT2D eigenvalue weighted by Crippen LogP contribution is 2.45. The summed E-state index contributed by atoms with van der Waals surface area (Å²) in [5, 5.41) is 0. The smallest absolute Gasteiger partial charge is 0.158 e. The number of methoxy groups -OCH3 is 1. The molecule has 0 saturated carbocycles. The van der Waals surface area contributed by atoms with E-state index >= 15 is 0 Å². The van der Waals surface area contributed by atoms with Crippen LogP contribution in [0.25, 0.3) is 0 Å². The Morgan fingerprint density at radius 3 is 2.74 bits per heavy atom. The topological polar surface area (TPSA) is 55.8 Å². The molecule has 1 atom stereocenters. The van der Waals surface area contributed by atoms with Crippen LogP contribution < -0.4 is 4.74 Å². The lowest BCUT2D eigenvalue weighted by Crippen LogP contribution is -2.67. The minimum atomic E-state index is -3.02. The summed E-state index contributed by atoms with van der Waals surface area (Å²) in [5.41, 5.74) is 1.10. The molecule has 2 saturated heterocycles. The molecule has 1 spiro atoms. The van der Waals surface area contributed by atoms with Crippen molar-refractivity contribution in [3.63, 3.8) is 0 Å². The van der Waals surface area contributed by atoms with Gasteiger partial charge in [0, 0.05) is 37.7 Å². The number of hydrogen-bond donors (Lipinski definition) is 0. The highest BCUT2D eigenvalue weighted by Gasteiger charge is 2.61. The first kappa shape index (κ1) is 16.7. The molecule has 0 aromatic heterocycles. The van der Waals surface area contributed by atoms with E-state index < -0.39 is 14.6 Å². The molecule has 2 aliphatic rings. The van der Waals surface area contributed by atoms with E-state index in [1.165, 1.54) is 0 Å². The van der Waals surface area contributed by atoms with E-state index in [4.69, 9.17) is 9.47 Å². The van der Waals surface area contributed by atoms with Crippen molar-refractivity contribution in [3.05, 3.63) is 29.8 Å². The first-order valence-corrected chi connectivity index (χ1v) is 9.82. The molecule has 0 N–H and O–H groups in total. The van der Waals surface area contributed by atoms with E-state index in [0.717, 1.165) is 24.3 Å². The molecule has 2 aliphatic heterocycles. The second kappa shape index (κ2) is 6.42. The highest BCUT2D eigenvalue weighted by molar-refractivity contribution is 7.93. The zero-order chi connectivity index (χ0) is 16.5. The molecule has 3 rings (SSSR count). The monoisotopic (exact) mass is 339 g/mol. The molecule has 0 unspecified atom stereocenters. The molecule has 0 amide bonds. The van der Waals surface area contributed by atoms with Crippen molar-refractivity contribution in [1.82, 2.24) is 4.90 Å². The van der Waals surface area contributed by atoms with E-state index in [0.29, 0.717) is 32.1 Å². The van der Waals surface area contributed by atoms with Crippen LogP contribution in [0.4, 0.5) is 0 Å². The van der Waals surface area contributed by atoms with Gasteiger partial charge < -0.3 is 9.47 Å². The van der Waals surface area contributed by atoms with Gasteiger partial charge in [0.05, 0.1) is 19.5 Å². The second-order valence-electron chi connectivity index (χ2n) is 6.49. The molecule has 128 valence electrons. The summed E-state index contributed by atoms with van der Waals surface area (Å²) < 4.78 is 35.4. The average Bonchev–Trinajstić information content (AvgIpc) is 2.77. The van der Waals surface area contributed by atoms with Crippen LogP contribution in [0.2, 0.25) is 0 Å². The lowest BCUT2D eigenvalue weighted by atomic mass is 9.83. The SMILES string of the molecule is CCOC[C@@H]1CCS(=O)(=O)C12CN(Cc1ccccc1OC)C2. The van der Waals surface area contributed by atoms with E-state index in [9.17, 15) is 8.42 Å². The van der Waals surface area contributed by atoms with Crippen molar-refractivity contribution in [1.29, 1.82) is 0 Å². The van der Waals surface area contributed by atoms with Crippen molar-refractivity contribution in [2.24, 2.45) is 5.92 Å². The molecule has 2 heterocycles. The molecule has 0 aliphatic carbocycles. The summed E-state index contributed by atoms with van der Waals surface area (Å²) in [7, 11) is -1.36. The average molecular weight is 339 g/mol. The third kappa shape index (κ3) is 2.88. The van der Waals surface area contributed by atoms with Crippen LogP contribution in [0.1, 0.15) is 18.9 Å². The fourth-order valence-corrected chi connectivity index (χ4v) is 6.32. The number of hydrogen-bond acceptors (Lipinski definition) is 5. The quantitative estimate of drug-likeness (QED) is 0.790. The lowest BCUT2D eigenvalue weighted by Gasteiger charge is -2.50. The van der Waals surface area contributed by atoms with Gasteiger partial charge in [-0.05, 0) is 19.4 Å². The second-order valence-corrected chi connectivity index (χ2v) is 8.94. The van der Waals surface area contributed by atoms with Gasteiger partial charge in [-0.25, -0.2) is 8.42 Å². The van der Waals surface area contributed by atoms with Crippen LogP contribution in [0.5, 0.6) is 5.75 Å². The minimum absolute atomic E-state index is 0.126. The van der Waals surface area contributed by atoms with Gasteiger partial charge in [0.25, 0.3) is 0 Å². The van der Waals surface area contributed by atoms with E-state index in [2.05, 4.69) is 4.90 Å². The molecular weight excluding hydrogens is 314 g/mol. The maximum absolute atomic E-state index is 12.6. The number of para-hydroxylation sites is 1. The normalized spacial score (nSPS) is 25.4. The summed E-state index contributed by atoms with van der Waals surface area (Å²) in [6.45, 7) is 5.07. The Labute approximate surface area is 138 Å². The summed E-state index contributed by atoms with van der Waals surface area (Å²) in [5.74, 6) is 1.28. The zero-order valence-electron chi connectivity index (χ0n) is 13.8. The van der Waals surface area contributed by atoms with Gasteiger partial charge in [-0.2, -0.15) is 0 Å². The molecule has 0 bridgehead atoms. The van der Waals surface area contributed by atoms with E-state index in [-0.39, 0.29) is 5.92 Å². The first-order valence-electron chi connectivity index (χ1n) is 8.16. The number of nitrogens with zero attached hydrogens (tertiary/aromatic N) is 1. The summed E-state index contributed by atoms with van der Waals surface area (Å²) in [4.78, 5) is 2.19. The molecule has 1 aromatic carbocycles. The van der Waals surface area contributed by atoms with E-state index in [1.807, 2.05) is 31.2 Å². The van der Waals surface area contributed by atoms with Crippen molar-refractivity contribution >= 4 is 9.84 Å². The number of ether oxygens (including phenoxy) is 2. The van der Waals surface area contributed by atoms with E-state index in [1.54, 1.807) is 7.11 Å². The molecule has 5 nitrogen and oxygen atoms in total. The number of benzene rings is 1. The molecule has 1 aromatic rings. The van der Waals surface area contributed by atoms with Gasteiger partial charge in [-0.3, -0.25) is 4.90 Å². The Kier molecular flexibility index (Phi) is 4.67. The number of likely N-dealkylation sites (tertiary alicyclic amines) is 1. The van der Waals surface area contributed by atoms with Crippen LogP contribution in [-0.2, 0) is 21.1 Å². The largest absolute Gasteiger partial charge is 0.496 e. The van der Waals surface area contributed by atoms with Crippen molar-refractivity contribution in [2.75, 3.05) is 39.2 Å². The van der Waals surface area contributed by atoms with Gasteiger partial charge in [0.1, 0.15) is 10.5 Å². The van der Waals surface area contributed by atoms with Gasteiger partial charge >= 0.3 is 0 Å². The molecule has 23 heavy (non-hydrogen) atoms. The molecular formula is C17H25NO4S. The van der Waals surface area contributed by atoms with Crippen molar-refractivity contribution < 1.29 is 17.9 Å². The Morgan fingerprint density at radius 1 is 1.30 bits per heavy atom. The fourth-order valence-electron chi connectivity index (χ4n) is 3.86. The molecule has 0 radical (unpaired) electrons. The third-order valence-corrected chi connectivity index (χ3v) is 7.79. The van der Waals surface area contributed by atoms with Crippen LogP contribution in [0.15, 0.2) is 24.3 Å². The predicted molar refractivity (Wildman–Crippen MR) is 89.4 cm³/mol. The number of sulfone groups is 1. The molecule has 6 heteroatoms. The van der Waals surface area contributed by atoms with Crippen molar-refractivity contribution in [2.45, 2.75) is 24.6 Å². The van der Waals surface area contributed by atoms with Gasteiger partial charge in [0.2, 0.25) is 0 Å². The molecule has 2 fully saturated rings. The van der Waals surface area contributed by atoms with Crippen LogP contribution in [0, 0.1) is 5.92 Å². The van der Waals surface area contributed by atoms with Crippen molar-refractivity contribution in [3.8, 4) is 5.75 Å². The predicted octanol–water partition coefficient (Wildman–Crippen LogP) is 1.72. The zero-order valence-corrected chi connectivity index (χ0v) is 14.6. The Morgan fingerprint density at radius 2 is 2.04 bits per heavy atom. The summed E-state index contributed by atoms with van der Waals surface area (Å²) in [6, 6.07) is 7.90. The summed E-state index contributed by atoms with van der Waals surface area (Å²) >= 11 is 0. The fraction of sp³-hybridized carbons (Fsp3) is 0.647. The maximum atomic E-state index is 12.6. The van der Waals surface area contributed by atoms with Gasteiger partial charge in [0.15, 0.2) is 9.84 Å². The Hall–Kier alpha value is -1.11. The number of rotatable bonds is 6. The lowest BCUT2D eigenvalue weighted by molar-refractivity contribution is 0.0289. The van der Waals surface area contributed by atoms with Crippen LogP contribution in [-0.4, -0.2) is 57.2 Å². The summed E-state index contributed by atoms with van der Waals surface area (Å²) in [6.07, 6.45) is 0.727. The van der Waals surface area contributed by atoms with Crippen LogP contribution in [0.3, 0.4) is 0 Å². The third-order valence-electron chi connectivity index (χ3n) is 5.19. The first-order chi connectivity index (χ1) is 11.0. The Balaban J connectivity index is 1.70. The standard InChI is InChI=1S/C17H25NO4S/c1-3-22-11-15-8-9-23(19,20)17(15)12-18(13-17)10-14-6-4-5-7-16(14)21-2/h4-7,15H,3,8-13H2,1-2H3/t15-/m0/s1.